The number of thiophene rings is 1. The Labute approximate surface area is 183 Å². The van der Waals surface area contributed by atoms with E-state index < -0.39 is 27.1 Å². The first-order valence-corrected chi connectivity index (χ1v) is 12.7. The summed E-state index contributed by atoms with van der Waals surface area (Å²) in [6.07, 6.45) is 1.59. The third-order valence-corrected chi connectivity index (χ3v) is 7.13. The van der Waals surface area contributed by atoms with Crippen LogP contribution >= 0.6 is 11.3 Å². The van der Waals surface area contributed by atoms with Crippen molar-refractivity contribution in [2.45, 2.75) is 33.4 Å². The number of hydrogen-bond acceptors (Lipinski definition) is 7. The van der Waals surface area contributed by atoms with Gasteiger partial charge < -0.3 is 4.74 Å². The largest absolute Gasteiger partial charge is 0.462 e. The molecule has 0 bridgehead atoms. The Morgan fingerprint density at radius 1 is 1.10 bits per heavy atom. The molecule has 0 spiro atoms. The topological polar surface area (TPSA) is 104 Å². The molecule has 0 N–H and O–H groups in total. The molecule has 0 aliphatic rings. The number of benzene rings is 1. The predicted octanol–water partition coefficient (Wildman–Crippen LogP) is 2.00. The van der Waals surface area contributed by atoms with Crippen LogP contribution in [0, 0.1) is 6.92 Å². The highest BCUT2D eigenvalue weighted by Crippen LogP contribution is 2.28. The summed E-state index contributed by atoms with van der Waals surface area (Å²) >= 11 is 1.05. The van der Waals surface area contributed by atoms with Gasteiger partial charge in [0.05, 0.1) is 17.7 Å². The first-order chi connectivity index (χ1) is 14.6. The molecule has 166 valence electrons. The molecule has 3 rings (SSSR count). The van der Waals surface area contributed by atoms with Gasteiger partial charge in [-0.3, -0.25) is 13.9 Å². The molecule has 2 aromatic heterocycles. The lowest BCUT2D eigenvalue weighted by molar-refractivity contribution is 0.0531. The zero-order valence-electron chi connectivity index (χ0n) is 17.6. The summed E-state index contributed by atoms with van der Waals surface area (Å²) in [6, 6.07) is 9.56. The first kappa shape index (κ1) is 23.0. The standard InChI is InChI=1S/C21H24N2O6S2/c1-4-29-20(25)17-14(2)16-18(24)22(12-13-31(3,27)28)21(26)23(19(16)30-17)11-10-15-8-6-5-7-9-15/h5-9H,4,10-13H2,1-3H3. The zero-order chi connectivity index (χ0) is 22.8. The highest BCUT2D eigenvalue weighted by atomic mass is 32.2. The number of nitrogens with zero attached hydrogens (tertiary/aromatic N) is 2. The number of carbonyl (C=O) groups is 1. The molecule has 0 radical (unpaired) electrons. The number of aryl methyl sites for hydroxylation is 3. The van der Waals surface area contributed by atoms with Crippen LogP contribution in [0.25, 0.3) is 10.2 Å². The van der Waals surface area contributed by atoms with E-state index in [9.17, 15) is 22.8 Å². The molecule has 0 saturated heterocycles. The number of rotatable bonds is 8. The lowest BCUT2D eigenvalue weighted by atomic mass is 10.1. The molecule has 10 heteroatoms. The van der Waals surface area contributed by atoms with Gasteiger partial charge in [-0.15, -0.1) is 11.3 Å². The first-order valence-electron chi connectivity index (χ1n) is 9.79. The second-order valence-corrected chi connectivity index (χ2v) is 10.5. The number of fused-ring (bicyclic) bond motifs is 1. The van der Waals surface area contributed by atoms with E-state index in [0.717, 1.165) is 27.7 Å². The molecular weight excluding hydrogens is 440 g/mol. The van der Waals surface area contributed by atoms with Crippen LogP contribution in [-0.2, 0) is 34.1 Å². The number of carbonyl (C=O) groups excluding carboxylic acids is 1. The second-order valence-electron chi connectivity index (χ2n) is 7.21. The molecule has 0 saturated carbocycles. The van der Waals surface area contributed by atoms with E-state index in [4.69, 9.17) is 4.74 Å². The van der Waals surface area contributed by atoms with Gasteiger partial charge in [0.1, 0.15) is 19.5 Å². The van der Waals surface area contributed by atoms with Crippen LogP contribution in [0.1, 0.15) is 27.7 Å². The SMILES string of the molecule is CCOC(=O)c1sc2c(c1C)c(=O)n(CCS(C)(=O)=O)c(=O)n2CCc1ccccc1. The molecule has 2 heterocycles. The van der Waals surface area contributed by atoms with E-state index in [1.807, 2.05) is 30.3 Å². The zero-order valence-corrected chi connectivity index (χ0v) is 19.2. The predicted molar refractivity (Wildman–Crippen MR) is 121 cm³/mol. The summed E-state index contributed by atoms with van der Waals surface area (Å²) in [6.45, 7) is 3.54. The van der Waals surface area contributed by atoms with Gasteiger partial charge in [-0.05, 0) is 31.4 Å². The average Bonchev–Trinajstić information content (AvgIpc) is 3.05. The summed E-state index contributed by atoms with van der Waals surface area (Å²) in [5.41, 5.74) is 0.262. The van der Waals surface area contributed by atoms with Crippen molar-refractivity contribution in [3.8, 4) is 0 Å². The van der Waals surface area contributed by atoms with Crippen molar-refractivity contribution in [1.29, 1.82) is 0 Å². The van der Waals surface area contributed by atoms with Crippen molar-refractivity contribution in [1.82, 2.24) is 9.13 Å². The van der Waals surface area contributed by atoms with Crippen molar-refractivity contribution in [3.63, 3.8) is 0 Å². The van der Waals surface area contributed by atoms with Gasteiger partial charge in [-0.25, -0.2) is 18.0 Å². The van der Waals surface area contributed by atoms with Gasteiger partial charge in [0.2, 0.25) is 0 Å². The Kier molecular flexibility index (Phi) is 6.80. The molecule has 0 fully saturated rings. The molecule has 1 aromatic carbocycles. The van der Waals surface area contributed by atoms with Crippen LogP contribution in [0.4, 0.5) is 0 Å². The van der Waals surface area contributed by atoms with Crippen molar-refractivity contribution in [2.24, 2.45) is 0 Å². The van der Waals surface area contributed by atoms with Crippen LogP contribution in [-0.4, -0.2) is 42.1 Å². The van der Waals surface area contributed by atoms with Crippen LogP contribution in [0.3, 0.4) is 0 Å². The fourth-order valence-electron chi connectivity index (χ4n) is 3.32. The molecule has 0 unspecified atom stereocenters. The molecular formula is C21H24N2O6S2. The van der Waals surface area contributed by atoms with E-state index in [0.29, 0.717) is 16.8 Å². The normalized spacial score (nSPS) is 11.7. The molecule has 0 atom stereocenters. The van der Waals surface area contributed by atoms with E-state index in [1.54, 1.807) is 13.8 Å². The molecule has 3 aromatic rings. The number of aromatic nitrogens is 2. The highest BCUT2D eigenvalue weighted by Gasteiger charge is 2.24. The Morgan fingerprint density at radius 3 is 2.39 bits per heavy atom. The maximum absolute atomic E-state index is 13.2. The maximum Gasteiger partial charge on any atom is 0.348 e. The van der Waals surface area contributed by atoms with Crippen LogP contribution in [0.2, 0.25) is 0 Å². The molecule has 31 heavy (non-hydrogen) atoms. The van der Waals surface area contributed by atoms with Gasteiger partial charge in [0.15, 0.2) is 0 Å². The number of sulfone groups is 1. The molecule has 0 amide bonds. The summed E-state index contributed by atoms with van der Waals surface area (Å²) in [7, 11) is -3.38. The van der Waals surface area contributed by atoms with Crippen molar-refractivity contribution >= 4 is 37.4 Å². The molecule has 0 aliphatic heterocycles. The summed E-state index contributed by atoms with van der Waals surface area (Å²) < 4.78 is 30.8. The summed E-state index contributed by atoms with van der Waals surface area (Å²) in [4.78, 5) is 39.3. The monoisotopic (exact) mass is 464 g/mol. The van der Waals surface area contributed by atoms with E-state index in [2.05, 4.69) is 0 Å². The Balaban J connectivity index is 2.20. The quantitative estimate of drug-likeness (QED) is 0.472. The summed E-state index contributed by atoms with van der Waals surface area (Å²) in [5.74, 6) is -0.884. The van der Waals surface area contributed by atoms with Gasteiger partial charge in [0.25, 0.3) is 5.56 Å². The minimum atomic E-state index is -3.38. The minimum absolute atomic E-state index is 0.186. The number of ether oxygens (including phenoxy) is 1. The Bertz CT molecular complexity index is 1330. The van der Waals surface area contributed by atoms with Gasteiger partial charge in [0, 0.05) is 19.3 Å². The smallest absolute Gasteiger partial charge is 0.348 e. The third-order valence-electron chi connectivity index (χ3n) is 4.91. The number of hydrogen-bond donors (Lipinski definition) is 0. The van der Waals surface area contributed by atoms with Crippen LogP contribution in [0.15, 0.2) is 39.9 Å². The van der Waals surface area contributed by atoms with E-state index >= 15 is 0 Å². The average molecular weight is 465 g/mol. The Hall–Kier alpha value is -2.72. The van der Waals surface area contributed by atoms with E-state index in [1.165, 1.54) is 4.57 Å². The van der Waals surface area contributed by atoms with Crippen LogP contribution < -0.4 is 11.2 Å². The van der Waals surface area contributed by atoms with Crippen LogP contribution in [0.5, 0.6) is 0 Å². The Morgan fingerprint density at radius 2 is 1.77 bits per heavy atom. The van der Waals surface area contributed by atoms with Gasteiger partial charge in [-0.2, -0.15) is 0 Å². The minimum Gasteiger partial charge on any atom is -0.462 e. The van der Waals surface area contributed by atoms with Gasteiger partial charge >= 0.3 is 11.7 Å². The lowest BCUT2D eigenvalue weighted by Crippen LogP contribution is -2.41. The van der Waals surface area contributed by atoms with Crippen molar-refractivity contribution in [3.05, 3.63) is 67.2 Å². The number of esters is 1. The highest BCUT2D eigenvalue weighted by molar-refractivity contribution is 7.90. The van der Waals surface area contributed by atoms with Crippen molar-refractivity contribution < 1.29 is 17.9 Å². The third kappa shape index (κ3) is 4.96. The maximum atomic E-state index is 13.2. The molecule has 0 aliphatic carbocycles. The van der Waals surface area contributed by atoms with E-state index in [-0.39, 0.29) is 35.7 Å². The lowest BCUT2D eigenvalue weighted by Gasteiger charge is -2.12. The molecule has 8 nitrogen and oxygen atoms in total. The second kappa shape index (κ2) is 9.19. The van der Waals surface area contributed by atoms with Crippen molar-refractivity contribution in [2.75, 3.05) is 18.6 Å². The fourth-order valence-corrected chi connectivity index (χ4v) is 5.05. The van der Waals surface area contributed by atoms with Gasteiger partial charge in [-0.1, -0.05) is 30.3 Å². The summed E-state index contributed by atoms with van der Waals surface area (Å²) in [5, 5.41) is 0.245. The fraction of sp³-hybridized carbons (Fsp3) is 0.381.